The van der Waals surface area contributed by atoms with Crippen LogP contribution in [0, 0.1) is 5.92 Å². The molecule has 2 aliphatic carbocycles. The van der Waals surface area contributed by atoms with Crippen molar-refractivity contribution in [1.29, 1.82) is 0 Å². The topological polar surface area (TPSA) is 0 Å². The van der Waals surface area contributed by atoms with Gasteiger partial charge in [-0.25, -0.2) is 0 Å². The van der Waals surface area contributed by atoms with E-state index in [4.69, 9.17) is 0 Å². The Balaban J connectivity index is 1.96. The van der Waals surface area contributed by atoms with Gasteiger partial charge in [0.15, 0.2) is 0 Å². The number of rotatable bonds is 1. The van der Waals surface area contributed by atoms with Gasteiger partial charge in [-0.1, -0.05) is 61.5 Å². The zero-order valence-electron chi connectivity index (χ0n) is 12.0. The smallest absolute Gasteiger partial charge is 0.00864 e. The van der Waals surface area contributed by atoms with Crippen LogP contribution in [0.1, 0.15) is 48.8 Å². The second-order valence-electron chi connectivity index (χ2n) is 6.13. The number of benzene rings is 2. The highest BCUT2D eigenvalue weighted by atomic mass is 14.4. The Morgan fingerprint density at radius 3 is 2.50 bits per heavy atom. The van der Waals surface area contributed by atoms with E-state index in [2.05, 4.69) is 61.5 Å². The molecule has 2 aromatic rings. The van der Waals surface area contributed by atoms with Gasteiger partial charge >= 0.3 is 0 Å². The predicted octanol–water partition coefficient (Wildman–Crippen LogP) is 5.51. The van der Waals surface area contributed by atoms with Crippen LogP contribution in [0.5, 0.6) is 0 Å². The van der Waals surface area contributed by atoms with Crippen LogP contribution in [-0.4, -0.2) is 0 Å². The number of hydrogen-bond donors (Lipinski definition) is 0. The van der Waals surface area contributed by atoms with Gasteiger partial charge in [0, 0.05) is 0 Å². The van der Waals surface area contributed by atoms with Gasteiger partial charge in [0.25, 0.3) is 0 Å². The molecular weight excluding hydrogens is 240 g/mol. The van der Waals surface area contributed by atoms with Crippen LogP contribution in [-0.2, 0) is 0 Å². The fourth-order valence-corrected chi connectivity index (χ4v) is 4.16. The maximum Gasteiger partial charge on any atom is -0.00864 e. The first-order chi connectivity index (χ1) is 9.86. The second kappa shape index (κ2) is 4.63. The summed E-state index contributed by atoms with van der Waals surface area (Å²) in [6.07, 6.45) is 3.91. The van der Waals surface area contributed by atoms with Crippen molar-refractivity contribution < 1.29 is 0 Å². The average Bonchev–Trinajstić information content (AvgIpc) is 2.82. The molecule has 2 aromatic carbocycles. The summed E-state index contributed by atoms with van der Waals surface area (Å²) in [5.74, 6) is 1.41. The van der Waals surface area contributed by atoms with E-state index in [9.17, 15) is 0 Å². The lowest BCUT2D eigenvalue weighted by molar-refractivity contribution is 0.510. The molecule has 2 aliphatic rings. The lowest BCUT2D eigenvalue weighted by atomic mass is 9.78. The van der Waals surface area contributed by atoms with Crippen molar-refractivity contribution in [3.8, 4) is 0 Å². The molecule has 0 saturated heterocycles. The highest BCUT2D eigenvalue weighted by molar-refractivity contribution is 5.95. The highest BCUT2D eigenvalue weighted by Crippen LogP contribution is 2.54. The lowest BCUT2D eigenvalue weighted by Crippen LogP contribution is -2.10. The Hall–Kier alpha value is -1.82. The fourth-order valence-electron chi connectivity index (χ4n) is 4.16. The van der Waals surface area contributed by atoms with E-state index in [0.717, 1.165) is 5.92 Å². The number of hydrogen-bond acceptors (Lipinski definition) is 0. The summed E-state index contributed by atoms with van der Waals surface area (Å²) in [6.45, 7) is 2.41. The summed E-state index contributed by atoms with van der Waals surface area (Å²) in [7, 11) is 0. The first-order valence-electron chi connectivity index (χ1n) is 7.74. The molecule has 0 unspecified atom stereocenters. The van der Waals surface area contributed by atoms with E-state index in [1.54, 1.807) is 16.7 Å². The zero-order valence-corrected chi connectivity index (χ0v) is 12.0. The maximum atomic E-state index is 2.41. The van der Waals surface area contributed by atoms with Crippen LogP contribution in [0.2, 0.25) is 0 Å². The van der Waals surface area contributed by atoms with E-state index < -0.39 is 0 Å². The summed E-state index contributed by atoms with van der Waals surface area (Å²) in [6, 6.07) is 20.0. The van der Waals surface area contributed by atoms with Crippen LogP contribution in [0.4, 0.5) is 0 Å². The monoisotopic (exact) mass is 260 g/mol. The molecule has 0 N–H and O–H groups in total. The molecule has 0 aliphatic heterocycles. The molecule has 0 aromatic heterocycles. The predicted molar refractivity (Wildman–Crippen MR) is 85.5 cm³/mol. The Bertz CT molecular complexity index is 663. The Morgan fingerprint density at radius 1 is 0.900 bits per heavy atom. The third-order valence-electron chi connectivity index (χ3n) is 5.11. The summed E-state index contributed by atoms with van der Waals surface area (Å²) >= 11 is 0. The minimum absolute atomic E-state index is 0.681. The standard InChI is InChI=1S/C20H20/c1-14-16-10-5-6-11-19(16)20-17(14)12-7-13-18(20)15-8-3-2-4-9-15/h2-6,8-11,14,17H,7,12-13H2,1H3/t14-,17+/m1/s1. The Kier molecular flexibility index (Phi) is 2.77. The van der Waals surface area contributed by atoms with E-state index >= 15 is 0 Å². The minimum Gasteiger partial charge on any atom is -0.0622 e. The van der Waals surface area contributed by atoms with E-state index in [1.165, 1.54) is 30.4 Å². The van der Waals surface area contributed by atoms with Crippen molar-refractivity contribution in [3.63, 3.8) is 0 Å². The SMILES string of the molecule is C[C@@H]1c2ccccc2C2=C(c3ccccc3)CCC[C@H]21. The number of fused-ring (bicyclic) bond motifs is 3. The maximum absolute atomic E-state index is 2.41. The fraction of sp³-hybridized carbons (Fsp3) is 0.300. The van der Waals surface area contributed by atoms with Crippen LogP contribution in [0.15, 0.2) is 54.6 Å². The largest absolute Gasteiger partial charge is 0.0622 e. The molecule has 20 heavy (non-hydrogen) atoms. The summed E-state index contributed by atoms with van der Waals surface area (Å²) in [5.41, 5.74) is 7.74. The lowest BCUT2D eigenvalue weighted by Gasteiger charge is -2.26. The van der Waals surface area contributed by atoms with Gasteiger partial charge in [0.2, 0.25) is 0 Å². The summed E-state index contributed by atoms with van der Waals surface area (Å²) in [4.78, 5) is 0. The third-order valence-corrected chi connectivity index (χ3v) is 5.11. The molecule has 2 atom stereocenters. The first-order valence-corrected chi connectivity index (χ1v) is 7.74. The molecule has 0 nitrogen and oxygen atoms in total. The Labute approximate surface area is 121 Å². The van der Waals surface area contributed by atoms with Crippen molar-refractivity contribution in [2.45, 2.75) is 32.1 Å². The van der Waals surface area contributed by atoms with Gasteiger partial charge in [-0.3, -0.25) is 0 Å². The van der Waals surface area contributed by atoms with Gasteiger partial charge < -0.3 is 0 Å². The quantitative estimate of drug-likeness (QED) is 0.633. The van der Waals surface area contributed by atoms with Crippen LogP contribution >= 0.6 is 0 Å². The molecule has 0 amide bonds. The van der Waals surface area contributed by atoms with Crippen LogP contribution in [0.3, 0.4) is 0 Å². The molecule has 0 bridgehead atoms. The van der Waals surface area contributed by atoms with Gasteiger partial charge in [-0.05, 0) is 58.9 Å². The van der Waals surface area contributed by atoms with E-state index in [-0.39, 0.29) is 0 Å². The first kappa shape index (κ1) is 12.0. The molecule has 100 valence electrons. The van der Waals surface area contributed by atoms with Crippen molar-refractivity contribution in [2.24, 2.45) is 5.92 Å². The normalized spacial score (nSPS) is 24.4. The van der Waals surface area contributed by atoms with Crippen molar-refractivity contribution in [2.75, 3.05) is 0 Å². The van der Waals surface area contributed by atoms with Gasteiger partial charge in [0.1, 0.15) is 0 Å². The van der Waals surface area contributed by atoms with Gasteiger partial charge in [-0.2, -0.15) is 0 Å². The second-order valence-corrected chi connectivity index (χ2v) is 6.13. The summed E-state index contributed by atoms with van der Waals surface area (Å²) < 4.78 is 0. The molecule has 0 fully saturated rings. The Morgan fingerprint density at radius 2 is 1.65 bits per heavy atom. The molecule has 0 radical (unpaired) electrons. The molecule has 0 spiro atoms. The van der Waals surface area contributed by atoms with Crippen LogP contribution in [0.25, 0.3) is 11.1 Å². The van der Waals surface area contributed by atoms with Gasteiger partial charge in [0.05, 0.1) is 0 Å². The molecular formula is C20H20. The average molecular weight is 260 g/mol. The third kappa shape index (κ3) is 1.67. The molecule has 4 rings (SSSR count). The molecule has 0 saturated carbocycles. The van der Waals surface area contributed by atoms with Crippen molar-refractivity contribution in [3.05, 3.63) is 71.3 Å². The van der Waals surface area contributed by atoms with Crippen molar-refractivity contribution >= 4 is 11.1 Å². The molecule has 0 heterocycles. The van der Waals surface area contributed by atoms with Crippen LogP contribution < -0.4 is 0 Å². The van der Waals surface area contributed by atoms with E-state index in [0.29, 0.717) is 5.92 Å². The van der Waals surface area contributed by atoms with Crippen molar-refractivity contribution in [1.82, 2.24) is 0 Å². The number of allylic oxidation sites excluding steroid dienone is 2. The summed E-state index contributed by atoms with van der Waals surface area (Å²) in [5, 5.41) is 0. The van der Waals surface area contributed by atoms with E-state index in [1.807, 2.05) is 0 Å². The molecule has 0 heteroatoms. The minimum atomic E-state index is 0.681. The highest BCUT2D eigenvalue weighted by Gasteiger charge is 2.36. The van der Waals surface area contributed by atoms with Gasteiger partial charge in [-0.15, -0.1) is 0 Å². The zero-order chi connectivity index (χ0) is 13.5.